The smallest absolute Gasteiger partial charge is 0.328 e. The minimum Gasteiger partial charge on any atom is -0.480 e. The number of amides is 1. The monoisotopic (exact) mass is 245 g/mol. The van der Waals surface area contributed by atoms with Gasteiger partial charge in [0.1, 0.15) is 6.04 Å². The zero-order valence-electron chi connectivity index (χ0n) is 10.4. The maximum atomic E-state index is 11.3. The standard InChI is InChI=1S/C12H23NO4/c1-2-3-4-5-6-7-8-11(15)13-10(9-14)12(16)17/h10,14H,2-9H2,1H3,(H,13,15)(H,16,17). The highest BCUT2D eigenvalue weighted by atomic mass is 16.4. The van der Waals surface area contributed by atoms with Crippen molar-refractivity contribution in [2.45, 2.75) is 57.9 Å². The Morgan fingerprint density at radius 3 is 2.24 bits per heavy atom. The van der Waals surface area contributed by atoms with Crippen molar-refractivity contribution in [1.29, 1.82) is 0 Å². The minimum absolute atomic E-state index is 0.304. The van der Waals surface area contributed by atoms with E-state index in [0.29, 0.717) is 6.42 Å². The summed E-state index contributed by atoms with van der Waals surface area (Å²) in [5.41, 5.74) is 0. The Morgan fingerprint density at radius 1 is 1.12 bits per heavy atom. The van der Waals surface area contributed by atoms with Crippen molar-refractivity contribution in [3.63, 3.8) is 0 Å². The topological polar surface area (TPSA) is 86.6 Å². The van der Waals surface area contributed by atoms with Gasteiger partial charge in [0.05, 0.1) is 6.61 Å². The number of hydrogen-bond donors (Lipinski definition) is 3. The van der Waals surface area contributed by atoms with Gasteiger partial charge in [-0.05, 0) is 6.42 Å². The molecule has 0 bridgehead atoms. The summed E-state index contributed by atoms with van der Waals surface area (Å²) in [6.07, 6.45) is 6.80. The molecule has 0 saturated heterocycles. The van der Waals surface area contributed by atoms with E-state index in [1.807, 2.05) is 0 Å². The summed E-state index contributed by atoms with van der Waals surface area (Å²) in [5, 5.41) is 19.6. The molecular weight excluding hydrogens is 222 g/mol. The van der Waals surface area contributed by atoms with Gasteiger partial charge in [-0.2, -0.15) is 0 Å². The van der Waals surface area contributed by atoms with Crippen molar-refractivity contribution in [3.05, 3.63) is 0 Å². The molecule has 1 unspecified atom stereocenters. The fraction of sp³-hybridized carbons (Fsp3) is 0.833. The van der Waals surface area contributed by atoms with E-state index < -0.39 is 18.6 Å². The second kappa shape index (κ2) is 10.1. The molecule has 0 spiro atoms. The first-order valence-corrected chi connectivity index (χ1v) is 6.24. The highest BCUT2D eigenvalue weighted by Gasteiger charge is 2.17. The quantitative estimate of drug-likeness (QED) is 0.506. The SMILES string of the molecule is CCCCCCCCC(=O)NC(CO)C(=O)O. The maximum Gasteiger partial charge on any atom is 0.328 e. The molecule has 0 rings (SSSR count). The second-order valence-corrected chi connectivity index (χ2v) is 4.16. The first kappa shape index (κ1) is 15.9. The molecule has 0 aliphatic heterocycles. The normalized spacial score (nSPS) is 12.1. The average molecular weight is 245 g/mol. The molecule has 1 amide bonds. The lowest BCUT2D eigenvalue weighted by Gasteiger charge is -2.11. The molecule has 17 heavy (non-hydrogen) atoms. The molecule has 0 radical (unpaired) electrons. The van der Waals surface area contributed by atoms with Gasteiger partial charge in [0, 0.05) is 6.42 Å². The molecular formula is C12H23NO4. The van der Waals surface area contributed by atoms with Gasteiger partial charge < -0.3 is 15.5 Å². The van der Waals surface area contributed by atoms with Crippen molar-refractivity contribution in [2.24, 2.45) is 0 Å². The molecule has 0 heterocycles. The molecule has 3 N–H and O–H groups in total. The number of aliphatic carboxylic acids is 1. The van der Waals surface area contributed by atoms with Crippen LogP contribution in [0.4, 0.5) is 0 Å². The Kier molecular flexibility index (Phi) is 9.43. The summed E-state index contributed by atoms with van der Waals surface area (Å²) in [6.45, 7) is 1.58. The lowest BCUT2D eigenvalue weighted by molar-refractivity contribution is -0.142. The number of carboxylic acid groups (broad SMARTS) is 1. The van der Waals surface area contributed by atoms with E-state index in [4.69, 9.17) is 10.2 Å². The molecule has 0 saturated carbocycles. The largest absolute Gasteiger partial charge is 0.480 e. The number of hydrogen-bond acceptors (Lipinski definition) is 3. The third-order valence-electron chi connectivity index (χ3n) is 2.57. The molecule has 100 valence electrons. The van der Waals surface area contributed by atoms with Crippen molar-refractivity contribution < 1.29 is 19.8 Å². The van der Waals surface area contributed by atoms with E-state index in [-0.39, 0.29) is 5.91 Å². The summed E-state index contributed by atoms with van der Waals surface area (Å²) < 4.78 is 0. The van der Waals surface area contributed by atoms with E-state index in [0.717, 1.165) is 19.3 Å². The van der Waals surface area contributed by atoms with E-state index in [2.05, 4.69) is 12.2 Å². The lowest BCUT2D eigenvalue weighted by Crippen LogP contribution is -2.43. The lowest BCUT2D eigenvalue weighted by atomic mass is 10.1. The van der Waals surface area contributed by atoms with Gasteiger partial charge in [-0.1, -0.05) is 39.0 Å². The zero-order chi connectivity index (χ0) is 13.1. The molecule has 0 aromatic rings. The van der Waals surface area contributed by atoms with Crippen molar-refractivity contribution in [2.75, 3.05) is 6.61 Å². The number of aliphatic hydroxyl groups excluding tert-OH is 1. The van der Waals surface area contributed by atoms with Gasteiger partial charge in [-0.15, -0.1) is 0 Å². The maximum absolute atomic E-state index is 11.3. The predicted octanol–water partition coefficient (Wildman–Crippen LogP) is 1.30. The van der Waals surface area contributed by atoms with Crippen LogP contribution in [0.3, 0.4) is 0 Å². The Balaban J connectivity index is 3.55. The van der Waals surface area contributed by atoms with E-state index in [1.54, 1.807) is 0 Å². The number of rotatable bonds is 10. The van der Waals surface area contributed by atoms with Gasteiger partial charge in [0.2, 0.25) is 5.91 Å². The van der Waals surface area contributed by atoms with Crippen LogP contribution in [0, 0.1) is 0 Å². The number of carboxylic acids is 1. The van der Waals surface area contributed by atoms with Crippen LogP contribution in [0.1, 0.15) is 51.9 Å². The van der Waals surface area contributed by atoms with Crippen molar-refractivity contribution in [1.82, 2.24) is 5.32 Å². The second-order valence-electron chi connectivity index (χ2n) is 4.16. The Labute approximate surface area is 102 Å². The number of carbonyl (C=O) groups is 2. The van der Waals surface area contributed by atoms with Crippen LogP contribution in [0.25, 0.3) is 0 Å². The summed E-state index contributed by atoms with van der Waals surface area (Å²) in [6, 6.07) is -1.18. The van der Waals surface area contributed by atoms with Gasteiger partial charge in [0.15, 0.2) is 0 Å². The highest BCUT2D eigenvalue weighted by molar-refractivity contribution is 5.83. The van der Waals surface area contributed by atoms with E-state index >= 15 is 0 Å². The van der Waals surface area contributed by atoms with Gasteiger partial charge in [-0.25, -0.2) is 4.79 Å². The minimum atomic E-state index is -1.20. The Bertz CT molecular complexity index is 231. The van der Waals surface area contributed by atoms with Crippen LogP contribution < -0.4 is 5.32 Å². The Morgan fingerprint density at radius 2 is 1.71 bits per heavy atom. The third-order valence-corrected chi connectivity index (χ3v) is 2.57. The first-order chi connectivity index (χ1) is 8.11. The third kappa shape index (κ3) is 8.68. The van der Waals surface area contributed by atoms with Crippen LogP contribution in [-0.2, 0) is 9.59 Å². The van der Waals surface area contributed by atoms with Crippen LogP contribution in [0.5, 0.6) is 0 Å². The predicted molar refractivity (Wildman–Crippen MR) is 64.6 cm³/mol. The molecule has 0 fully saturated rings. The average Bonchev–Trinajstić information content (AvgIpc) is 2.30. The zero-order valence-corrected chi connectivity index (χ0v) is 10.4. The number of aliphatic hydroxyl groups is 1. The van der Waals surface area contributed by atoms with Gasteiger partial charge in [0.25, 0.3) is 0 Å². The summed E-state index contributed by atoms with van der Waals surface area (Å²) in [7, 11) is 0. The van der Waals surface area contributed by atoms with Gasteiger partial charge in [-0.3, -0.25) is 4.79 Å². The molecule has 0 aliphatic carbocycles. The molecule has 0 aromatic carbocycles. The Hall–Kier alpha value is -1.10. The number of nitrogens with one attached hydrogen (secondary N) is 1. The van der Waals surface area contributed by atoms with E-state index in [9.17, 15) is 9.59 Å². The molecule has 0 aliphatic rings. The van der Waals surface area contributed by atoms with Crippen LogP contribution in [0.15, 0.2) is 0 Å². The summed E-state index contributed by atoms with van der Waals surface area (Å²) >= 11 is 0. The number of carbonyl (C=O) groups excluding carboxylic acids is 1. The molecule has 0 aromatic heterocycles. The van der Waals surface area contributed by atoms with Gasteiger partial charge >= 0.3 is 5.97 Å². The van der Waals surface area contributed by atoms with Crippen LogP contribution in [-0.4, -0.2) is 34.7 Å². The van der Waals surface area contributed by atoms with Crippen LogP contribution in [0.2, 0.25) is 0 Å². The highest BCUT2D eigenvalue weighted by Crippen LogP contribution is 2.06. The van der Waals surface area contributed by atoms with Crippen molar-refractivity contribution >= 4 is 11.9 Å². The summed E-state index contributed by atoms with van der Waals surface area (Å²) in [4.78, 5) is 21.9. The number of unbranched alkanes of at least 4 members (excludes halogenated alkanes) is 5. The fourth-order valence-corrected chi connectivity index (χ4v) is 1.52. The van der Waals surface area contributed by atoms with Crippen LogP contribution >= 0.6 is 0 Å². The molecule has 5 nitrogen and oxygen atoms in total. The summed E-state index contributed by atoms with van der Waals surface area (Å²) in [5.74, 6) is -1.51. The molecule has 5 heteroatoms. The fourth-order valence-electron chi connectivity index (χ4n) is 1.52. The van der Waals surface area contributed by atoms with E-state index in [1.165, 1.54) is 19.3 Å². The van der Waals surface area contributed by atoms with Crippen molar-refractivity contribution in [3.8, 4) is 0 Å². The molecule has 1 atom stereocenters. The first-order valence-electron chi connectivity index (χ1n) is 6.24.